The van der Waals surface area contributed by atoms with E-state index in [1.165, 1.54) is 12.1 Å². The lowest BCUT2D eigenvalue weighted by Crippen LogP contribution is -1.87. The maximum Gasteiger partial charge on any atom is 0.269 e. The Bertz CT molecular complexity index is 655. The van der Waals surface area contributed by atoms with Gasteiger partial charge in [0.15, 0.2) is 0 Å². The normalized spacial score (nSPS) is 10.8. The third-order valence-corrected chi connectivity index (χ3v) is 2.51. The van der Waals surface area contributed by atoms with Crippen LogP contribution in [-0.2, 0) is 0 Å². The van der Waals surface area contributed by atoms with Gasteiger partial charge in [0.1, 0.15) is 0 Å². The third-order valence-electron chi connectivity index (χ3n) is 2.51. The fourth-order valence-electron chi connectivity index (χ4n) is 1.56. The first kappa shape index (κ1) is 12.5. The van der Waals surface area contributed by atoms with Gasteiger partial charge in [0.25, 0.3) is 5.69 Å². The molecule has 0 aliphatic rings. The Balaban J connectivity index is 2.34. The lowest BCUT2D eigenvalue weighted by molar-refractivity contribution is -0.384. The van der Waals surface area contributed by atoms with Crippen LogP contribution in [0.25, 0.3) is 11.6 Å². The minimum Gasteiger partial charge on any atom is -0.264 e. The molecule has 0 bridgehead atoms. The number of pyridine rings is 1. The molecule has 5 nitrogen and oxygen atoms in total. The molecule has 2 rings (SSSR count). The first-order chi connectivity index (χ1) is 9.20. The Morgan fingerprint density at radius 2 is 2.05 bits per heavy atom. The van der Waals surface area contributed by atoms with E-state index in [4.69, 9.17) is 5.26 Å². The van der Waals surface area contributed by atoms with Gasteiger partial charge in [-0.3, -0.25) is 15.1 Å². The van der Waals surface area contributed by atoms with Crippen LogP contribution in [0, 0.1) is 21.4 Å². The summed E-state index contributed by atoms with van der Waals surface area (Å²) in [7, 11) is 0. The van der Waals surface area contributed by atoms with Gasteiger partial charge >= 0.3 is 0 Å². The number of nitro benzene ring substituents is 1. The number of benzene rings is 1. The van der Waals surface area contributed by atoms with Gasteiger partial charge in [-0.15, -0.1) is 0 Å². The van der Waals surface area contributed by atoms with Crippen LogP contribution in [0.5, 0.6) is 0 Å². The Hall–Kier alpha value is -3.00. The van der Waals surface area contributed by atoms with Gasteiger partial charge in [0.2, 0.25) is 0 Å². The molecule has 0 fully saturated rings. The minimum absolute atomic E-state index is 0.0250. The fourth-order valence-corrected chi connectivity index (χ4v) is 1.56. The highest BCUT2D eigenvalue weighted by atomic mass is 16.6. The lowest BCUT2D eigenvalue weighted by Gasteiger charge is -1.98. The van der Waals surface area contributed by atoms with Crippen LogP contribution in [0.1, 0.15) is 11.1 Å². The van der Waals surface area contributed by atoms with Crippen LogP contribution in [0.15, 0.2) is 48.8 Å². The van der Waals surface area contributed by atoms with Gasteiger partial charge in [-0.2, -0.15) is 5.26 Å². The topological polar surface area (TPSA) is 79.8 Å². The van der Waals surface area contributed by atoms with Crippen molar-refractivity contribution in [2.24, 2.45) is 0 Å². The smallest absolute Gasteiger partial charge is 0.264 e. The van der Waals surface area contributed by atoms with E-state index in [1.54, 1.807) is 42.7 Å². The summed E-state index contributed by atoms with van der Waals surface area (Å²) >= 11 is 0. The second-order valence-electron chi connectivity index (χ2n) is 3.76. The Labute approximate surface area is 109 Å². The van der Waals surface area contributed by atoms with Gasteiger partial charge in [-0.05, 0) is 29.8 Å². The van der Waals surface area contributed by atoms with Gasteiger partial charge in [-0.1, -0.05) is 6.07 Å². The molecule has 0 unspecified atom stereocenters. The maximum atomic E-state index is 10.5. The molecule has 0 radical (unpaired) electrons. The molecule has 5 heteroatoms. The average Bonchev–Trinajstić information content (AvgIpc) is 2.46. The van der Waals surface area contributed by atoms with Crippen molar-refractivity contribution in [2.45, 2.75) is 0 Å². The zero-order chi connectivity index (χ0) is 13.7. The van der Waals surface area contributed by atoms with Crippen molar-refractivity contribution in [1.82, 2.24) is 4.98 Å². The number of nitriles is 1. The van der Waals surface area contributed by atoms with E-state index < -0.39 is 4.92 Å². The van der Waals surface area contributed by atoms with Crippen LogP contribution in [0.3, 0.4) is 0 Å². The van der Waals surface area contributed by atoms with E-state index in [2.05, 4.69) is 11.1 Å². The largest absolute Gasteiger partial charge is 0.269 e. The Morgan fingerprint density at radius 1 is 1.32 bits per heavy atom. The summed E-state index contributed by atoms with van der Waals surface area (Å²) in [5.41, 5.74) is 1.92. The van der Waals surface area contributed by atoms with Crippen LogP contribution in [0.2, 0.25) is 0 Å². The fraction of sp³-hybridized carbons (Fsp3) is 0. The van der Waals surface area contributed by atoms with Crippen molar-refractivity contribution in [1.29, 1.82) is 5.26 Å². The standard InChI is InChI=1S/C14H9N3O2/c15-9-13(12-2-1-7-16-10-12)8-11-3-5-14(6-4-11)17(18)19/h1-8,10H/b13-8+. The second kappa shape index (κ2) is 5.56. The highest BCUT2D eigenvalue weighted by Crippen LogP contribution is 2.18. The number of allylic oxidation sites excluding steroid dienone is 1. The summed E-state index contributed by atoms with van der Waals surface area (Å²) in [6.07, 6.45) is 4.89. The molecule has 0 N–H and O–H groups in total. The molecular formula is C14H9N3O2. The van der Waals surface area contributed by atoms with Crippen molar-refractivity contribution < 1.29 is 4.92 Å². The molecule has 0 aliphatic carbocycles. The molecule has 0 saturated heterocycles. The maximum absolute atomic E-state index is 10.5. The van der Waals surface area contributed by atoms with E-state index in [-0.39, 0.29) is 5.69 Å². The molecule has 0 spiro atoms. The molecule has 1 aromatic heterocycles. The van der Waals surface area contributed by atoms with E-state index in [0.29, 0.717) is 11.1 Å². The number of rotatable bonds is 3. The summed E-state index contributed by atoms with van der Waals surface area (Å²) in [5.74, 6) is 0. The van der Waals surface area contributed by atoms with Crippen LogP contribution in [0.4, 0.5) is 5.69 Å². The average molecular weight is 251 g/mol. The molecule has 1 aromatic carbocycles. The third kappa shape index (κ3) is 3.01. The molecule has 0 atom stereocenters. The van der Waals surface area contributed by atoms with Crippen molar-refractivity contribution in [2.75, 3.05) is 0 Å². The first-order valence-electron chi connectivity index (χ1n) is 5.47. The number of aromatic nitrogens is 1. The van der Waals surface area contributed by atoms with Crippen molar-refractivity contribution in [3.63, 3.8) is 0 Å². The van der Waals surface area contributed by atoms with Crippen LogP contribution >= 0.6 is 0 Å². The van der Waals surface area contributed by atoms with Gasteiger partial charge in [0, 0.05) is 30.1 Å². The number of non-ortho nitro benzene ring substituents is 1. The van der Waals surface area contributed by atoms with E-state index in [9.17, 15) is 10.1 Å². The Kier molecular flexibility index (Phi) is 3.64. The zero-order valence-electron chi connectivity index (χ0n) is 9.85. The molecule has 0 aliphatic heterocycles. The summed E-state index contributed by atoms with van der Waals surface area (Å²) in [6, 6.07) is 11.6. The summed E-state index contributed by atoms with van der Waals surface area (Å²) in [6.45, 7) is 0. The number of nitro groups is 1. The number of nitrogens with zero attached hydrogens (tertiary/aromatic N) is 3. The van der Waals surface area contributed by atoms with Crippen LogP contribution in [-0.4, -0.2) is 9.91 Å². The van der Waals surface area contributed by atoms with Crippen molar-refractivity contribution >= 4 is 17.3 Å². The molecule has 1 heterocycles. The Morgan fingerprint density at radius 3 is 2.58 bits per heavy atom. The van der Waals surface area contributed by atoms with Gasteiger partial charge < -0.3 is 0 Å². The highest BCUT2D eigenvalue weighted by molar-refractivity contribution is 5.89. The van der Waals surface area contributed by atoms with E-state index in [0.717, 1.165) is 5.56 Å². The molecular weight excluding hydrogens is 242 g/mol. The van der Waals surface area contributed by atoms with E-state index >= 15 is 0 Å². The number of hydrogen-bond acceptors (Lipinski definition) is 4. The highest BCUT2D eigenvalue weighted by Gasteiger charge is 2.04. The predicted molar refractivity (Wildman–Crippen MR) is 70.8 cm³/mol. The molecule has 2 aromatic rings. The van der Waals surface area contributed by atoms with Crippen molar-refractivity contribution in [3.8, 4) is 6.07 Å². The quantitative estimate of drug-likeness (QED) is 0.477. The van der Waals surface area contributed by atoms with Gasteiger partial charge in [0.05, 0.1) is 16.6 Å². The summed E-state index contributed by atoms with van der Waals surface area (Å²) in [5, 5.41) is 19.7. The molecule has 92 valence electrons. The monoisotopic (exact) mass is 251 g/mol. The first-order valence-corrected chi connectivity index (χ1v) is 5.47. The lowest BCUT2D eigenvalue weighted by atomic mass is 10.1. The molecule has 19 heavy (non-hydrogen) atoms. The SMILES string of the molecule is N#C/C(=C\c1ccc([N+](=O)[O-])cc1)c1cccnc1. The molecule has 0 saturated carbocycles. The van der Waals surface area contributed by atoms with Gasteiger partial charge in [-0.25, -0.2) is 0 Å². The predicted octanol–water partition coefficient (Wildman–Crippen LogP) is 3.05. The van der Waals surface area contributed by atoms with Crippen molar-refractivity contribution in [3.05, 3.63) is 70.0 Å². The minimum atomic E-state index is -0.459. The van der Waals surface area contributed by atoms with E-state index in [1.807, 2.05) is 0 Å². The zero-order valence-corrected chi connectivity index (χ0v) is 9.85. The number of hydrogen-bond donors (Lipinski definition) is 0. The molecule has 0 amide bonds. The second-order valence-corrected chi connectivity index (χ2v) is 3.76. The summed E-state index contributed by atoms with van der Waals surface area (Å²) < 4.78 is 0. The summed E-state index contributed by atoms with van der Waals surface area (Å²) in [4.78, 5) is 14.0. The van der Waals surface area contributed by atoms with Crippen LogP contribution < -0.4 is 0 Å².